The Hall–Kier alpha value is -4.64. The van der Waals surface area contributed by atoms with Crippen molar-refractivity contribution in [1.82, 2.24) is 15.0 Å². The van der Waals surface area contributed by atoms with E-state index in [9.17, 15) is 0 Å². The maximum atomic E-state index is 6.36. The summed E-state index contributed by atoms with van der Waals surface area (Å²) in [6.45, 7) is 13.0. The summed E-state index contributed by atoms with van der Waals surface area (Å²) in [7, 11) is 0. The minimum Gasteiger partial charge on any atom is -0.501 e. The normalized spacial score (nSPS) is 11.9. The maximum absolute atomic E-state index is 6.36. The zero-order chi connectivity index (χ0) is 32.1. The number of pyridine rings is 1. The molecule has 4 aromatic carbocycles. The van der Waals surface area contributed by atoms with Gasteiger partial charge >= 0.3 is 0 Å². The molecule has 6 heteroatoms. The quantitative estimate of drug-likeness (QED) is 0.163. The van der Waals surface area contributed by atoms with Gasteiger partial charge in [0.05, 0.1) is 5.58 Å². The van der Waals surface area contributed by atoms with Crippen LogP contribution in [0, 0.1) is 12.1 Å². The number of aromatic nitrogens is 3. The van der Waals surface area contributed by atoms with E-state index in [0.717, 1.165) is 72.1 Å². The number of rotatable bonds is 2. The van der Waals surface area contributed by atoms with E-state index in [1.807, 2.05) is 66.9 Å². The molecule has 0 bridgehead atoms. The van der Waals surface area contributed by atoms with Gasteiger partial charge in [0.15, 0.2) is 0 Å². The molecule has 0 atom stereocenters. The van der Waals surface area contributed by atoms with Gasteiger partial charge in [-0.3, -0.25) is 4.98 Å². The standard InChI is InChI=1S/C26H19N2O2.C15H16N.Ir/c1-26(2,3)24-13-20(27-14-28-24)17-9-6-8-16-19-12-22-18(11-23(19)30-25(16)17)15-7-4-5-10-21(15)29-22;1-15(2,3)13-9-10-14(16-11-13)12-7-5-4-6-8-12;/h4-8,10-14H,1-3H3;4-7,9-11H,1-3H3;/q2*-1;. The second kappa shape index (κ2) is 12.5. The van der Waals surface area contributed by atoms with Crippen LogP contribution < -0.4 is 0 Å². The van der Waals surface area contributed by atoms with Crippen molar-refractivity contribution >= 4 is 43.9 Å². The van der Waals surface area contributed by atoms with Gasteiger partial charge in [0, 0.05) is 53.6 Å². The van der Waals surface area contributed by atoms with E-state index in [1.54, 1.807) is 6.33 Å². The molecule has 8 aromatic rings. The topological polar surface area (TPSA) is 65.0 Å². The van der Waals surface area contributed by atoms with Crippen molar-refractivity contribution in [2.45, 2.75) is 52.4 Å². The van der Waals surface area contributed by atoms with Crippen molar-refractivity contribution in [3.8, 4) is 22.5 Å². The Morgan fingerprint density at radius 2 is 1.32 bits per heavy atom. The van der Waals surface area contributed by atoms with Gasteiger partial charge in [0.1, 0.15) is 23.1 Å². The van der Waals surface area contributed by atoms with Crippen LogP contribution in [-0.2, 0) is 30.9 Å². The third-order valence-corrected chi connectivity index (χ3v) is 8.24. The molecule has 237 valence electrons. The van der Waals surface area contributed by atoms with E-state index in [2.05, 4.69) is 99.0 Å². The van der Waals surface area contributed by atoms with Crippen LogP contribution >= 0.6 is 0 Å². The largest absolute Gasteiger partial charge is 0.501 e. The minimum atomic E-state index is -0.0645. The predicted octanol–water partition coefficient (Wildman–Crippen LogP) is 10.9. The zero-order valence-corrected chi connectivity index (χ0v) is 29.7. The molecular weight excluding hydrogens is 759 g/mol. The SMILES string of the molecule is CC(C)(C)c1cc(-c2[c-]ccc3c2oc2cc4c(cc23)oc2ccccc24)ncn1.CC(C)(C)c1ccc(-c2[c-]cccc2)nc1.[Ir]. The number of fused-ring (bicyclic) bond motifs is 6. The summed E-state index contributed by atoms with van der Waals surface area (Å²) in [5, 5.41) is 4.20. The third kappa shape index (κ3) is 6.36. The number of hydrogen-bond acceptors (Lipinski definition) is 5. The first-order valence-electron chi connectivity index (χ1n) is 15.5. The van der Waals surface area contributed by atoms with Gasteiger partial charge in [-0.15, -0.1) is 54.1 Å². The van der Waals surface area contributed by atoms with Gasteiger partial charge in [0.25, 0.3) is 0 Å². The summed E-state index contributed by atoms with van der Waals surface area (Å²) >= 11 is 0. The summed E-state index contributed by atoms with van der Waals surface area (Å²) in [5.41, 5.74) is 9.37. The van der Waals surface area contributed by atoms with Crippen molar-refractivity contribution in [3.05, 3.63) is 127 Å². The first kappa shape index (κ1) is 32.3. The molecule has 4 aromatic heterocycles. The van der Waals surface area contributed by atoms with Gasteiger partial charge in [-0.2, -0.15) is 0 Å². The fourth-order valence-electron chi connectivity index (χ4n) is 5.60. The number of para-hydroxylation sites is 1. The Balaban J connectivity index is 0.000000194. The number of hydrogen-bond donors (Lipinski definition) is 0. The monoisotopic (exact) mass is 794 g/mol. The van der Waals surface area contributed by atoms with Crippen LogP contribution in [0.4, 0.5) is 0 Å². The van der Waals surface area contributed by atoms with Gasteiger partial charge < -0.3 is 13.8 Å². The summed E-state index contributed by atoms with van der Waals surface area (Å²) in [4.78, 5) is 13.4. The van der Waals surface area contributed by atoms with Crippen molar-refractivity contribution in [3.63, 3.8) is 0 Å². The molecular formula is C41H35IrN3O2-2. The van der Waals surface area contributed by atoms with Crippen molar-refractivity contribution < 1.29 is 28.9 Å². The molecule has 0 saturated heterocycles. The van der Waals surface area contributed by atoms with Crippen LogP contribution in [0.1, 0.15) is 52.8 Å². The van der Waals surface area contributed by atoms with Crippen molar-refractivity contribution in [2.75, 3.05) is 0 Å². The third-order valence-electron chi connectivity index (χ3n) is 8.24. The molecule has 5 nitrogen and oxygen atoms in total. The van der Waals surface area contributed by atoms with Crippen LogP contribution in [0.3, 0.4) is 0 Å². The molecule has 0 fully saturated rings. The molecule has 4 heterocycles. The van der Waals surface area contributed by atoms with Crippen molar-refractivity contribution in [1.29, 1.82) is 0 Å². The molecule has 0 spiro atoms. The van der Waals surface area contributed by atoms with Crippen LogP contribution in [0.2, 0.25) is 0 Å². The van der Waals surface area contributed by atoms with E-state index in [4.69, 9.17) is 8.83 Å². The van der Waals surface area contributed by atoms with Crippen LogP contribution in [0.5, 0.6) is 0 Å². The fraction of sp³-hybridized carbons (Fsp3) is 0.195. The summed E-state index contributed by atoms with van der Waals surface area (Å²) in [5.74, 6) is 0. The Kier molecular flexibility index (Phi) is 8.60. The molecule has 0 aliphatic heterocycles. The zero-order valence-electron chi connectivity index (χ0n) is 27.3. The first-order valence-corrected chi connectivity index (χ1v) is 15.5. The van der Waals surface area contributed by atoms with E-state index in [-0.39, 0.29) is 30.9 Å². The smallest absolute Gasteiger partial charge is 0.136 e. The number of benzene rings is 4. The van der Waals surface area contributed by atoms with E-state index in [1.165, 1.54) is 5.56 Å². The van der Waals surface area contributed by atoms with Crippen LogP contribution in [0.15, 0.2) is 112 Å². The molecule has 47 heavy (non-hydrogen) atoms. The maximum Gasteiger partial charge on any atom is 0.136 e. The average Bonchev–Trinajstić information content (AvgIpc) is 3.61. The van der Waals surface area contributed by atoms with Crippen molar-refractivity contribution in [2.24, 2.45) is 0 Å². The molecule has 0 aliphatic rings. The minimum absolute atomic E-state index is 0. The Morgan fingerprint density at radius 1 is 0.574 bits per heavy atom. The van der Waals surface area contributed by atoms with Gasteiger partial charge in [-0.25, -0.2) is 4.98 Å². The second-order valence-corrected chi connectivity index (χ2v) is 13.6. The van der Waals surface area contributed by atoms with E-state index < -0.39 is 0 Å². The predicted molar refractivity (Wildman–Crippen MR) is 187 cm³/mol. The fourth-order valence-corrected chi connectivity index (χ4v) is 5.60. The van der Waals surface area contributed by atoms with Crippen LogP contribution in [0.25, 0.3) is 66.4 Å². The van der Waals surface area contributed by atoms with Crippen LogP contribution in [-0.4, -0.2) is 15.0 Å². The Bertz CT molecular complexity index is 2320. The summed E-state index contributed by atoms with van der Waals surface area (Å²) < 4.78 is 12.4. The van der Waals surface area contributed by atoms with E-state index >= 15 is 0 Å². The van der Waals surface area contributed by atoms with Gasteiger partial charge in [-0.05, 0) is 40.6 Å². The number of nitrogens with zero attached hydrogens (tertiary/aromatic N) is 3. The van der Waals surface area contributed by atoms with Gasteiger partial charge in [-0.1, -0.05) is 88.9 Å². The summed E-state index contributed by atoms with van der Waals surface area (Å²) in [6, 6.07) is 36.8. The Labute approximate surface area is 288 Å². The Morgan fingerprint density at radius 3 is 2.02 bits per heavy atom. The molecule has 8 rings (SSSR count). The molecule has 0 saturated carbocycles. The molecule has 1 radical (unpaired) electrons. The van der Waals surface area contributed by atoms with Gasteiger partial charge in [0.2, 0.25) is 0 Å². The average molecular weight is 794 g/mol. The molecule has 0 amide bonds. The van der Waals surface area contributed by atoms with E-state index in [0.29, 0.717) is 0 Å². The molecule has 0 unspecified atom stereocenters. The molecule has 0 aliphatic carbocycles. The molecule has 0 N–H and O–H groups in total. The first-order chi connectivity index (χ1) is 22.1. The second-order valence-electron chi connectivity index (χ2n) is 13.6. The summed E-state index contributed by atoms with van der Waals surface area (Å²) in [6.07, 6.45) is 3.57. The number of furan rings is 2.